The standard InChI is InChI=1S/C20H22O2/c1-5-6-15(2)22-19-13-9-17(10-14-19)20(3,4)16-7-11-18(21)12-8-16/h7-15,21H,1-4H3. The van der Waals surface area contributed by atoms with E-state index in [-0.39, 0.29) is 17.3 Å². The van der Waals surface area contributed by atoms with Gasteiger partial charge in [0, 0.05) is 5.41 Å². The average molecular weight is 294 g/mol. The van der Waals surface area contributed by atoms with Gasteiger partial charge in [0.15, 0.2) is 6.10 Å². The Bertz CT molecular complexity index is 670. The summed E-state index contributed by atoms with van der Waals surface area (Å²) in [5.74, 6) is 6.93. The fourth-order valence-electron chi connectivity index (χ4n) is 2.43. The molecule has 2 rings (SSSR count). The van der Waals surface area contributed by atoms with Crippen LogP contribution >= 0.6 is 0 Å². The van der Waals surface area contributed by atoms with E-state index >= 15 is 0 Å². The number of benzene rings is 2. The summed E-state index contributed by atoms with van der Waals surface area (Å²) < 4.78 is 5.74. The predicted octanol–water partition coefficient (Wildman–Crippen LogP) is 4.51. The molecule has 0 amide bonds. The molecule has 2 aromatic rings. The molecule has 22 heavy (non-hydrogen) atoms. The maximum Gasteiger partial charge on any atom is 0.156 e. The lowest BCUT2D eigenvalue weighted by molar-refractivity contribution is 0.278. The van der Waals surface area contributed by atoms with Gasteiger partial charge in [0.1, 0.15) is 11.5 Å². The van der Waals surface area contributed by atoms with Crippen molar-refractivity contribution in [1.29, 1.82) is 0 Å². The van der Waals surface area contributed by atoms with Crippen LogP contribution in [0.15, 0.2) is 48.5 Å². The molecule has 0 aliphatic heterocycles. The Morgan fingerprint density at radius 3 is 1.95 bits per heavy atom. The van der Waals surface area contributed by atoms with Gasteiger partial charge in [-0.2, -0.15) is 0 Å². The minimum absolute atomic E-state index is 0.110. The number of phenolic OH excluding ortho intramolecular Hbond substituents is 1. The van der Waals surface area contributed by atoms with Crippen molar-refractivity contribution in [2.45, 2.75) is 39.2 Å². The highest BCUT2D eigenvalue weighted by Gasteiger charge is 2.23. The van der Waals surface area contributed by atoms with E-state index in [0.29, 0.717) is 0 Å². The molecule has 0 saturated carbocycles. The normalized spacial score (nSPS) is 12.2. The number of hydrogen-bond donors (Lipinski definition) is 1. The summed E-state index contributed by atoms with van der Waals surface area (Å²) in [4.78, 5) is 0. The molecule has 1 N–H and O–H groups in total. The number of ether oxygens (including phenoxy) is 1. The van der Waals surface area contributed by atoms with Crippen LogP contribution in [0.5, 0.6) is 11.5 Å². The van der Waals surface area contributed by atoms with E-state index in [9.17, 15) is 5.11 Å². The van der Waals surface area contributed by atoms with Crippen molar-refractivity contribution in [3.8, 4) is 23.3 Å². The fraction of sp³-hybridized carbons (Fsp3) is 0.300. The van der Waals surface area contributed by atoms with Crippen LogP contribution in [0.4, 0.5) is 0 Å². The highest BCUT2D eigenvalue weighted by Crippen LogP contribution is 2.33. The Labute approximate surface area is 132 Å². The molecule has 114 valence electrons. The van der Waals surface area contributed by atoms with Gasteiger partial charge in [-0.15, -0.1) is 5.92 Å². The summed E-state index contributed by atoms with van der Waals surface area (Å²) in [6.45, 7) is 8.08. The van der Waals surface area contributed by atoms with Crippen molar-refractivity contribution < 1.29 is 9.84 Å². The molecule has 0 fully saturated rings. The third kappa shape index (κ3) is 3.62. The van der Waals surface area contributed by atoms with Crippen LogP contribution in [0.3, 0.4) is 0 Å². The van der Waals surface area contributed by atoms with Gasteiger partial charge in [-0.1, -0.05) is 44.0 Å². The van der Waals surface area contributed by atoms with E-state index in [1.54, 1.807) is 12.1 Å². The summed E-state index contributed by atoms with van der Waals surface area (Å²) in [6, 6.07) is 15.5. The lowest BCUT2D eigenvalue weighted by atomic mass is 9.78. The Hall–Kier alpha value is -2.40. The minimum atomic E-state index is -0.138. The van der Waals surface area contributed by atoms with Crippen LogP contribution in [0, 0.1) is 11.8 Å². The first-order valence-corrected chi connectivity index (χ1v) is 7.42. The van der Waals surface area contributed by atoms with Gasteiger partial charge in [-0.25, -0.2) is 0 Å². The van der Waals surface area contributed by atoms with Crippen molar-refractivity contribution >= 4 is 0 Å². The van der Waals surface area contributed by atoms with E-state index in [0.717, 1.165) is 11.3 Å². The summed E-state index contributed by atoms with van der Waals surface area (Å²) in [5, 5.41) is 9.43. The topological polar surface area (TPSA) is 29.5 Å². The molecule has 1 unspecified atom stereocenters. The number of phenols is 1. The molecular formula is C20H22O2. The van der Waals surface area contributed by atoms with Crippen LogP contribution in [-0.2, 0) is 5.41 Å². The van der Waals surface area contributed by atoms with E-state index in [2.05, 4.69) is 37.8 Å². The zero-order valence-electron chi connectivity index (χ0n) is 13.6. The van der Waals surface area contributed by atoms with E-state index in [1.165, 1.54) is 5.56 Å². The second kappa shape index (κ2) is 6.58. The second-order valence-corrected chi connectivity index (χ2v) is 5.85. The molecule has 0 saturated heterocycles. The third-order valence-electron chi connectivity index (χ3n) is 3.83. The van der Waals surface area contributed by atoms with E-state index < -0.39 is 0 Å². The first kappa shape index (κ1) is 16.0. The summed E-state index contributed by atoms with van der Waals surface area (Å²) >= 11 is 0. The molecule has 0 heterocycles. The predicted molar refractivity (Wildman–Crippen MR) is 90.2 cm³/mol. The lowest BCUT2D eigenvalue weighted by Gasteiger charge is -2.26. The summed E-state index contributed by atoms with van der Waals surface area (Å²) in [6.07, 6.45) is -0.110. The van der Waals surface area contributed by atoms with Crippen molar-refractivity contribution in [2.24, 2.45) is 0 Å². The quantitative estimate of drug-likeness (QED) is 0.841. The minimum Gasteiger partial charge on any atom is -0.508 e. The van der Waals surface area contributed by atoms with Gasteiger partial charge in [0.25, 0.3) is 0 Å². The van der Waals surface area contributed by atoms with Crippen molar-refractivity contribution in [2.75, 3.05) is 0 Å². The van der Waals surface area contributed by atoms with Crippen LogP contribution in [0.25, 0.3) is 0 Å². The molecule has 1 atom stereocenters. The van der Waals surface area contributed by atoms with Crippen LogP contribution < -0.4 is 4.74 Å². The Morgan fingerprint density at radius 2 is 1.45 bits per heavy atom. The largest absolute Gasteiger partial charge is 0.508 e. The Kier molecular flexibility index (Phi) is 4.78. The van der Waals surface area contributed by atoms with Crippen molar-refractivity contribution in [1.82, 2.24) is 0 Å². The maximum absolute atomic E-state index is 9.43. The average Bonchev–Trinajstić information content (AvgIpc) is 2.48. The highest BCUT2D eigenvalue weighted by molar-refractivity contribution is 5.41. The third-order valence-corrected chi connectivity index (χ3v) is 3.83. The molecule has 0 spiro atoms. The molecule has 2 nitrogen and oxygen atoms in total. The monoisotopic (exact) mass is 294 g/mol. The zero-order chi connectivity index (χ0) is 16.2. The smallest absolute Gasteiger partial charge is 0.156 e. The van der Waals surface area contributed by atoms with Crippen LogP contribution in [0.2, 0.25) is 0 Å². The van der Waals surface area contributed by atoms with Gasteiger partial charge < -0.3 is 9.84 Å². The maximum atomic E-state index is 9.43. The number of rotatable bonds is 4. The SMILES string of the molecule is CC#CC(C)Oc1ccc(C(C)(C)c2ccc(O)cc2)cc1. The highest BCUT2D eigenvalue weighted by atomic mass is 16.5. The van der Waals surface area contributed by atoms with Gasteiger partial charge in [0.2, 0.25) is 0 Å². The summed E-state index contributed by atoms with van der Waals surface area (Å²) in [7, 11) is 0. The summed E-state index contributed by atoms with van der Waals surface area (Å²) in [5.41, 5.74) is 2.21. The zero-order valence-corrected chi connectivity index (χ0v) is 13.6. The molecule has 0 aliphatic carbocycles. The van der Waals surface area contributed by atoms with Crippen molar-refractivity contribution in [3.05, 3.63) is 59.7 Å². The second-order valence-electron chi connectivity index (χ2n) is 5.85. The molecule has 2 aromatic carbocycles. The van der Waals surface area contributed by atoms with Gasteiger partial charge >= 0.3 is 0 Å². The Balaban J connectivity index is 2.21. The number of hydrogen-bond acceptors (Lipinski definition) is 2. The van der Waals surface area contributed by atoms with Crippen molar-refractivity contribution in [3.63, 3.8) is 0 Å². The number of aromatic hydroxyl groups is 1. The van der Waals surface area contributed by atoms with E-state index in [4.69, 9.17) is 4.74 Å². The molecule has 0 aromatic heterocycles. The van der Waals surface area contributed by atoms with Crippen LogP contribution in [-0.4, -0.2) is 11.2 Å². The van der Waals surface area contributed by atoms with Gasteiger partial charge in [-0.05, 0) is 49.2 Å². The Morgan fingerprint density at radius 1 is 0.955 bits per heavy atom. The first-order valence-electron chi connectivity index (χ1n) is 7.42. The molecule has 0 bridgehead atoms. The van der Waals surface area contributed by atoms with Gasteiger partial charge in [-0.3, -0.25) is 0 Å². The molecule has 0 aliphatic rings. The molecular weight excluding hydrogens is 272 g/mol. The lowest BCUT2D eigenvalue weighted by Crippen LogP contribution is -2.18. The fourth-order valence-corrected chi connectivity index (χ4v) is 2.43. The molecule has 2 heteroatoms. The van der Waals surface area contributed by atoms with Crippen LogP contribution in [0.1, 0.15) is 38.8 Å². The van der Waals surface area contributed by atoms with Gasteiger partial charge in [0.05, 0.1) is 0 Å². The molecule has 0 radical (unpaired) electrons. The van der Waals surface area contributed by atoms with E-state index in [1.807, 2.05) is 38.1 Å². The first-order chi connectivity index (χ1) is 10.4.